The van der Waals surface area contributed by atoms with Crippen LogP contribution < -0.4 is 5.32 Å². The SMILES string of the molecule is CC(C)C(NC(=O)Cc1ccccc1F)c1ccccc1. The van der Waals surface area contributed by atoms with Gasteiger partial charge in [0.05, 0.1) is 12.5 Å². The van der Waals surface area contributed by atoms with Crippen LogP contribution in [-0.2, 0) is 11.2 Å². The Morgan fingerprint density at radius 3 is 2.29 bits per heavy atom. The van der Waals surface area contributed by atoms with Crippen molar-refractivity contribution in [3.8, 4) is 0 Å². The molecule has 0 saturated heterocycles. The van der Waals surface area contributed by atoms with E-state index in [9.17, 15) is 9.18 Å². The van der Waals surface area contributed by atoms with Crippen molar-refractivity contribution in [1.29, 1.82) is 0 Å². The fourth-order valence-electron chi connectivity index (χ4n) is 2.33. The molecule has 0 aromatic heterocycles. The first-order valence-corrected chi connectivity index (χ1v) is 7.15. The molecule has 1 unspecified atom stereocenters. The molecule has 0 spiro atoms. The summed E-state index contributed by atoms with van der Waals surface area (Å²) in [6, 6.07) is 16.2. The molecule has 2 aromatic rings. The predicted octanol–water partition coefficient (Wildman–Crippen LogP) is 3.88. The Morgan fingerprint density at radius 1 is 1.05 bits per heavy atom. The number of amides is 1. The molecule has 0 bridgehead atoms. The largest absolute Gasteiger partial charge is 0.349 e. The van der Waals surface area contributed by atoms with Crippen molar-refractivity contribution in [2.45, 2.75) is 26.3 Å². The molecule has 0 fully saturated rings. The van der Waals surface area contributed by atoms with Crippen molar-refractivity contribution in [3.63, 3.8) is 0 Å². The van der Waals surface area contributed by atoms with E-state index in [0.717, 1.165) is 5.56 Å². The average Bonchev–Trinajstić information content (AvgIpc) is 2.48. The zero-order valence-electron chi connectivity index (χ0n) is 12.3. The third-order valence-electron chi connectivity index (χ3n) is 3.45. The van der Waals surface area contributed by atoms with Crippen LogP contribution in [0.3, 0.4) is 0 Å². The smallest absolute Gasteiger partial charge is 0.225 e. The van der Waals surface area contributed by atoms with E-state index < -0.39 is 0 Å². The van der Waals surface area contributed by atoms with Crippen molar-refractivity contribution < 1.29 is 9.18 Å². The van der Waals surface area contributed by atoms with Gasteiger partial charge in [0.2, 0.25) is 5.91 Å². The van der Waals surface area contributed by atoms with Gasteiger partial charge in [0, 0.05) is 0 Å². The monoisotopic (exact) mass is 285 g/mol. The van der Waals surface area contributed by atoms with Gasteiger partial charge in [-0.3, -0.25) is 4.79 Å². The molecule has 110 valence electrons. The van der Waals surface area contributed by atoms with Crippen LogP contribution in [0.25, 0.3) is 0 Å². The summed E-state index contributed by atoms with van der Waals surface area (Å²) in [5.41, 5.74) is 1.49. The average molecular weight is 285 g/mol. The Kier molecular flexibility index (Phi) is 5.09. The Balaban J connectivity index is 2.08. The van der Waals surface area contributed by atoms with Gasteiger partial charge >= 0.3 is 0 Å². The molecule has 2 nitrogen and oxygen atoms in total. The number of carbonyl (C=O) groups is 1. The molecule has 21 heavy (non-hydrogen) atoms. The number of halogens is 1. The lowest BCUT2D eigenvalue weighted by atomic mass is 9.95. The van der Waals surface area contributed by atoms with E-state index in [1.54, 1.807) is 18.2 Å². The molecule has 2 aromatic carbocycles. The van der Waals surface area contributed by atoms with E-state index in [2.05, 4.69) is 19.2 Å². The van der Waals surface area contributed by atoms with Crippen molar-refractivity contribution in [2.75, 3.05) is 0 Å². The Morgan fingerprint density at radius 2 is 1.67 bits per heavy atom. The van der Waals surface area contributed by atoms with E-state index >= 15 is 0 Å². The van der Waals surface area contributed by atoms with E-state index in [4.69, 9.17) is 0 Å². The van der Waals surface area contributed by atoms with Crippen LogP contribution in [-0.4, -0.2) is 5.91 Å². The molecule has 1 N–H and O–H groups in total. The van der Waals surface area contributed by atoms with E-state index in [1.165, 1.54) is 6.07 Å². The third-order valence-corrected chi connectivity index (χ3v) is 3.45. The normalized spacial score (nSPS) is 12.2. The van der Waals surface area contributed by atoms with Crippen LogP contribution in [0.1, 0.15) is 31.0 Å². The third kappa shape index (κ3) is 4.15. The molecule has 0 aliphatic carbocycles. The van der Waals surface area contributed by atoms with Gasteiger partial charge in [-0.2, -0.15) is 0 Å². The van der Waals surface area contributed by atoms with Crippen LogP contribution in [0, 0.1) is 11.7 Å². The number of nitrogens with one attached hydrogen (secondary N) is 1. The minimum Gasteiger partial charge on any atom is -0.349 e. The van der Waals surface area contributed by atoms with Crippen molar-refractivity contribution >= 4 is 5.91 Å². The Bertz CT molecular complexity index is 595. The van der Waals surface area contributed by atoms with Gasteiger partial charge in [0.25, 0.3) is 0 Å². The molecule has 2 rings (SSSR count). The maximum atomic E-state index is 13.6. The molecule has 0 radical (unpaired) electrons. The van der Waals surface area contributed by atoms with Gasteiger partial charge in [-0.1, -0.05) is 62.4 Å². The van der Waals surface area contributed by atoms with Gasteiger partial charge in [0.15, 0.2) is 0 Å². The fourth-order valence-corrected chi connectivity index (χ4v) is 2.33. The van der Waals surface area contributed by atoms with Gasteiger partial charge in [-0.05, 0) is 23.1 Å². The molecule has 1 amide bonds. The number of hydrogen-bond acceptors (Lipinski definition) is 1. The fraction of sp³-hybridized carbons (Fsp3) is 0.278. The summed E-state index contributed by atoms with van der Waals surface area (Å²) in [5.74, 6) is -0.243. The standard InChI is InChI=1S/C18H20FNO/c1-13(2)18(14-8-4-3-5-9-14)20-17(21)12-15-10-6-7-11-16(15)19/h3-11,13,18H,12H2,1-2H3,(H,20,21). The van der Waals surface area contributed by atoms with Gasteiger partial charge in [0.1, 0.15) is 5.82 Å². The molecular weight excluding hydrogens is 265 g/mol. The molecule has 0 aliphatic heterocycles. The molecule has 1 atom stereocenters. The minimum atomic E-state index is -0.339. The van der Waals surface area contributed by atoms with Gasteiger partial charge in [-0.25, -0.2) is 4.39 Å². The second-order valence-electron chi connectivity index (χ2n) is 5.47. The summed E-state index contributed by atoms with van der Waals surface area (Å²) in [5, 5.41) is 3.00. The zero-order valence-corrected chi connectivity index (χ0v) is 12.3. The van der Waals surface area contributed by atoms with Crippen LogP contribution in [0.15, 0.2) is 54.6 Å². The first kappa shape index (κ1) is 15.2. The summed E-state index contributed by atoms with van der Waals surface area (Å²) < 4.78 is 13.6. The molecule has 0 saturated carbocycles. The summed E-state index contributed by atoms with van der Waals surface area (Å²) in [4.78, 5) is 12.2. The Hall–Kier alpha value is -2.16. The number of carbonyl (C=O) groups excluding carboxylic acids is 1. The summed E-state index contributed by atoms with van der Waals surface area (Å²) in [7, 11) is 0. The lowest BCUT2D eigenvalue weighted by Gasteiger charge is -2.23. The van der Waals surface area contributed by atoms with Crippen molar-refractivity contribution in [2.24, 2.45) is 5.92 Å². The lowest BCUT2D eigenvalue weighted by molar-refractivity contribution is -0.121. The Labute approximate surface area is 125 Å². The predicted molar refractivity (Wildman–Crippen MR) is 82.3 cm³/mol. The second kappa shape index (κ2) is 7.02. The maximum absolute atomic E-state index is 13.6. The first-order valence-electron chi connectivity index (χ1n) is 7.15. The van der Waals surface area contributed by atoms with Crippen LogP contribution in [0.5, 0.6) is 0 Å². The highest BCUT2D eigenvalue weighted by Gasteiger charge is 2.18. The highest BCUT2D eigenvalue weighted by Crippen LogP contribution is 2.21. The first-order chi connectivity index (χ1) is 10.1. The summed E-state index contributed by atoms with van der Waals surface area (Å²) in [6.45, 7) is 4.11. The van der Waals surface area contributed by atoms with Crippen LogP contribution in [0.2, 0.25) is 0 Å². The topological polar surface area (TPSA) is 29.1 Å². The quantitative estimate of drug-likeness (QED) is 0.887. The lowest BCUT2D eigenvalue weighted by Crippen LogP contribution is -2.33. The molecule has 3 heteroatoms. The van der Waals surface area contributed by atoms with Crippen LogP contribution in [0.4, 0.5) is 4.39 Å². The highest BCUT2D eigenvalue weighted by molar-refractivity contribution is 5.79. The maximum Gasteiger partial charge on any atom is 0.225 e. The second-order valence-corrected chi connectivity index (χ2v) is 5.47. The van der Waals surface area contributed by atoms with E-state index in [1.807, 2.05) is 30.3 Å². The molecular formula is C18H20FNO. The molecule has 0 heterocycles. The highest BCUT2D eigenvalue weighted by atomic mass is 19.1. The zero-order chi connectivity index (χ0) is 15.2. The number of hydrogen-bond donors (Lipinski definition) is 1. The summed E-state index contributed by atoms with van der Waals surface area (Å²) in [6.07, 6.45) is 0.0583. The van der Waals surface area contributed by atoms with Crippen LogP contribution >= 0.6 is 0 Å². The van der Waals surface area contributed by atoms with Gasteiger partial charge < -0.3 is 5.32 Å². The van der Waals surface area contributed by atoms with Crippen molar-refractivity contribution in [3.05, 3.63) is 71.5 Å². The number of rotatable bonds is 5. The number of benzene rings is 2. The van der Waals surface area contributed by atoms with E-state index in [0.29, 0.717) is 5.56 Å². The summed E-state index contributed by atoms with van der Waals surface area (Å²) >= 11 is 0. The van der Waals surface area contributed by atoms with Crippen molar-refractivity contribution in [1.82, 2.24) is 5.32 Å². The molecule has 0 aliphatic rings. The van der Waals surface area contributed by atoms with E-state index in [-0.39, 0.29) is 30.1 Å². The minimum absolute atomic E-state index is 0.0583. The van der Waals surface area contributed by atoms with Gasteiger partial charge in [-0.15, -0.1) is 0 Å².